The number of thioether (sulfide) groups is 1. The summed E-state index contributed by atoms with van der Waals surface area (Å²) in [5.41, 5.74) is 6.86. The van der Waals surface area contributed by atoms with Gasteiger partial charge < -0.3 is 10.7 Å². The van der Waals surface area contributed by atoms with Gasteiger partial charge in [-0.3, -0.25) is 4.79 Å². The van der Waals surface area contributed by atoms with Gasteiger partial charge in [-0.25, -0.2) is 4.98 Å². The molecule has 0 aliphatic rings. The molecule has 0 radical (unpaired) electrons. The maximum absolute atomic E-state index is 11.3. The average Bonchev–Trinajstić information content (AvgIpc) is 2.35. The second-order valence-electron chi connectivity index (χ2n) is 4.19. The van der Waals surface area contributed by atoms with E-state index in [1.165, 1.54) is 24.0 Å². The fourth-order valence-corrected chi connectivity index (χ4v) is 2.91. The number of aromatic nitrogens is 2. The van der Waals surface area contributed by atoms with Crippen LogP contribution in [0.5, 0.6) is 0 Å². The molecular weight excluding hydrogens is 282 g/mol. The molecule has 0 fully saturated rings. The van der Waals surface area contributed by atoms with Crippen molar-refractivity contribution in [2.75, 3.05) is 0 Å². The molecule has 1 aromatic heterocycles. The second-order valence-corrected chi connectivity index (χ2v) is 5.76. The number of H-pyrrole nitrogens is 1. The first kappa shape index (κ1) is 14.1. The monoisotopic (exact) mass is 295 g/mol. The van der Waals surface area contributed by atoms with Crippen LogP contribution in [0.15, 0.2) is 46.5 Å². The predicted molar refractivity (Wildman–Crippen MR) is 78.6 cm³/mol. The van der Waals surface area contributed by atoms with Gasteiger partial charge >= 0.3 is 0 Å². The van der Waals surface area contributed by atoms with Crippen LogP contribution in [0.25, 0.3) is 0 Å². The molecule has 3 N–H and O–H groups in total. The van der Waals surface area contributed by atoms with Gasteiger partial charge in [-0.15, -0.1) is 0 Å². The van der Waals surface area contributed by atoms with Crippen molar-refractivity contribution < 1.29 is 0 Å². The zero-order valence-corrected chi connectivity index (χ0v) is 11.9. The van der Waals surface area contributed by atoms with Crippen LogP contribution in [-0.4, -0.2) is 16.0 Å². The van der Waals surface area contributed by atoms with Crippen LogP contribution in [0.4, 0.5) is 0 Å². The van der Waals surface area contributed by atoms with E-state index in [-0.39, 0.29) is 16.9 Å². The van der Waals surface area contributed by atoms with Gasteiger partial charge in [0.1, 0.15) is 0 Å². The van der Waals surface area contributed by atoms with Crippen molar-refractivity contribution in [2.45, 2.75) is 23.4 Å². The van der Waals surface area contributed by atoms with E-state index in [0.29, 0.717) is 10.2 Å². The van der Waals surface area contributed by atoms with Crippen molar-refractivity contribution in [3.63, 3.8) is 0 Å². The average molecular weight is 296 g/mol. The van der Waals surface area contributed by atoms with Gasteiger partial charge in [0.05, 0.1) is 5.25 Å². The van der Waals surface area contributed by atoms with E-state index in [4.69, 9.17) is 17.3 Å². The third-order valence-electron chi connectivity index (χ3n) is 2.54. The van der Waals surface area contributed by atoms with Crippen molar-refractivity contribution in [2.24, 2.45) is 5.73 Å². The first-order chi connectivity index (χ1) is 9.06. The minimum Gasteiger partial charge on any atom is -0.327 e. The van der Waals surface area contributed by atoms with E-state index in [1.807, 2.05) is 31.2 Å². The van der Waals surface area contributed by atoms with E-state index in [1.54, 1.807) is 0 Å². The summed E-state index contributed by atoms with van der Waals surface area (Å²) in [6, 6.07) is 8.82. The molecule has 1 aromatic carbocycles. The first-order valence-electron chi connectivity index (χ1n) is 5.79. The normalized spacial score (nSPS) is 14.1. The zero-order chi connectivity index (χ0) is 13.8. The van der Waals surface area contributed by atoms with Crippen LogP contribution in [0.2, 0.25) is 5.02 Å². The Hall–Kier alpha value is -1.30. The summed E-state index contributed by atoms with van der Waals surface area (Å²) in [5.74, 6) is 0. The molecule has 2 atom stereocenters. The molecule has 0 spiro atoms. The Balaban J connectivity index is 2.29. The highest BCUT2D eigenvalue weighted by atomic mass is 35.5. The minimum absolute atomic E-state index is 0.0238. The number of aromatic amines is 1. The number of nitrogens with two attached hydrogens (primary N) is 1. The van der Waals surface area contributed by atoms with Gasteiger partial charge in [0.25, 0.3) is 5.56 Å². The molecule has 0 saturated carbocycles. The SMILES string of the molecule is CC(N)C(Sc1nccc(=O)[nH]1)c1cccc(Cl)c1. The van der Waals surface area contributed by atoms with Gasteiger partial charge in [-0.05, 0) is 24.6 Å². The molecule has 6 heteroatoms. The highest BCUT2D eigenvalue weighted by Crippen LogP contribution is 2.35. The lowest BCUT2D eigenvalue weighted by Gasteiger charge is -2.20. The summed E-state index contributed by atoms with van der Waals surface area (Å²) >= 11 is 7.42. The van der Waals surface area contributed by atoms with Gasteiger partial charge in [0, 0.05) is 23.3 Å². The smallest absolute Gasteiger partial charge is 0.251 e. The lowest BCUT2D eigenvalue weighted by Crippen LogP contribution is -2.23. The maximum Gasteiger partial charge on any atom is 0.251 e. The summed E-state index contributed by atoms with van der Waals surface area (Å²) < 4.78 is 0. The number of nitrogens with one attached hydrogen (secondary N) is 1. The van der Waals surface area contributed by atoms with E-state index >= 15 is 0 Å². The second kappa shape index (κ2) is 6.23. The maximum atomic E-state index is 11.3. The summed E-state index contributed by atoms with van der Waals surface area (Å²) in [7, 11) is 0. The van der Waals surface area contributed by atoms with Crippen LogP contribution in [0.3, 0.4) is 0 Å². The van der Waals surface area contributed by atoms with E-state index in [9.17, 15) is 4.79 Å². The van der Waals surface area contributed by atoms with Gasteiger partial charge in [-0.1, -0.05) is 35.5 Å². The van der Waals surface area contributed by atoms with Crippen LogP contribution < -0.4 is 11.3 Å². The Labute approximate surface area is 120 Å². The fourth-order valence-electron chi connectivity index (χ4n) is 1.69. The number of halogens is 1. The molecule has 2 aromatic rings. The Bertz CT molecular complexity index is 615. The molecule has 19 heavy (non-hydrogen) atoms. The Kier molecular flexibility index (Phi) is 4.63. The number of hydrogen-bond acceptors (Lipinski definition) is 4. The van der Waals surface area contributed by atoms with Crippen molar-refractivity contribution >= 4 is 23.4 Å². The molecule has 2 unspecified atom stereocenters. The molecule has 0 saturated heterocycles. The molecule has 100 valence electrons. The lowest BCUT2D eigenvalue weighted by molar-refractivity contribution is 0.717. The number of benzene rings is 1. The molecule has 2 rings (SSSR count). The summed E-state index contributed by atoms with van der Waals surface area (Å²) in [4.78, 5) is 18.1. The highest BCUT2D eigenvalue weighted by Gasteiger charge is 2.19. The Morgan fingerprint density at radius 3 is 2.84 bits per heavy atom. The molecule has 0 aliphatic carbocycles. The molecule has 0 amide bonds. The number of hydrogen-bond donors (Lipinski definition) is 2. The van der Waals surface area contributed by atoms with E-state index in [2.05, 4.69) is 9.97 Å². The fraction of sp³-hybridized carbons (Fsp3) is 0.231. The summed E-state index contributed by atoms with van der Waals surface area (Å²) in [5, 5.41) is 1.19. The zero-order valence-electron chi connectivity index (χ0n) is 10.3. The topological polar surface area (TPSA) is 71.8 Å². The van der Waals surface area contributed by atoms with Gasteiger partial charge in [0.15, 0.2) is 5.16 Å². The quantitative estimate of drug-likeness (QED) is 0.672. The third kappa shape index (κ3) is 3.83. The standard InChI is InChI=1S/C13H14ClN3OS/c1-8(15)12(9-3-2-4-10(14)7-9)19-13-16-6-5-11(18)17-13/h2-8,12H,15H2,1H3,(H,16,17,18). The molecule has 4 nitrogen and oxygen atoms in total. The molecule has 0 aliphatic heterocycles. The van der Waals surface area contributed by atoms with Crippen LogP contribution in [-0.2, 0) is 0 Å². The summed E-state index contributed by atoms with van der Waals surface area (Å²) in [6.07, 6.45) is 1.48. The number of nitrogens with zero attached hydrogens (tertiary/aromatic N) is 1. The predicted octanol–water partition coefficient (Wildman–Crippen LogP) is 2.60. The van der Waals surface area contributed by atoms with Gasteiger partial charge in [-0.2, -0.15) is 0 Å². The van der Waals surface area contributed by atoms with Crippen LogP contribution in [0, 0.1) is 0 Å². The molecular formula is C13H14ClN3OS. The Morgan fingerprint density at radius 2 is 2.21 bits per heavy atom. The van der Waals surface area contributed by atoms with Crippen LogP contribution in [0.1, 0.15) is 17.7 Å². The molecule has 1 heterocycles. The Morgan fingerprint density at radius 1 is 1.42 bits per heavy atom. The van der Waals surface area contributed by atoms with E-state index < -0.39 is 0 Å². The minimum atomic E-state index is -0.174. The number of rotatable bonds is 4. The molecule has 0 bridgehead atoms. The van der Waals surface area contributed by atoms with Gasteiger partial charge in [0.2, 0.25) is 0 Å². The lowest BCUT2D eigenvalue weighted by atomic mass is 10.1. The third-order valence-corrected chi connectivity index (χ3v) is 4.16. The van der Waals surface area contributed by atoms with E-state index in [0.717, 1.165) is 5.56 Å². The van der Waals surface area contributed by atoms with Crippen molar-refractivity contribution in [1.29, 1.82) is 0 Å². The van der Waals surface area contributed by atoms with Crippen molar-refractivity contribution in [3.05, 3.63) is 57.5 Å². The summed E-state index contributed by atoms with van der Waals surface area (Å²) in [6.45, 7) is 1.92. The van der Waals surface area contributed by atoms with Crippen molar-refractivity contribution in [3.8, 4) is 0 Å². The highest BCUT2D eigenvalue weighted by molar-refractivity contribution is 7.99. The first-order valence-corrected chi connectivity index (χ1v) is 7.05. The van der Waals surface area contributed by atoms with Crippen molar-refractivity contribution in [1.82, 2.24) is 9.97 Å². The largest absolute Gasteiger partial charge is 0.327 e. The van der Waals surface area contributed by atoms with Crippen LogP contribution >= 0.6 is 23.4 Å².